The molecule has 0 spiro atoms. The molecule has 6 atom stereocenters. The fourth-order valence-electron chi connectivity index (χ4n) is 5.53. The van der Waals surface area contributed by atoms with Gasteiger partial charge in [0, 0.05) is 26.3 Å². The van der Waals surface area contributed by atoms with E-state index in [-0.39, 0.29) is 44.8 Å². The third-order valence-electron chi connectivity index (χ3n) is 7.04. The van der Waals surface area contributed by atoms with Gasteiger partial charge in [-0.25, -0.2) is 5.01 Å². The van der Waals surface area contributed by atoms with E-state index < -0.39 is 34.5 Å². The maximum absolute atomic E-state index is 13.6. The van der Waals surface area contributed by atoms with Gasteiger partial charge < -0.3 is 0 Å². The zero-order chi connectivity index (χ0) is 24.3. The van der Waals surface area contributed by atoms with Crippen molar-refractivity contribution in [3.05, 3.63) is 74.8 Å². The zero-order valence-corrected chi connectivity index (χ0v) is 21.4. The highest BCUT2D eigenvalue weighted by molar-refractivity contribution is 9.12. The molecule has 0 radical (unpaired) electrons. The van der Waals surface area contributed by atoms with E-state index in [1.165, 1.54) is 42.5 Å². The molecule has 2 aromatic carbocycles. The Morgan fingerprint density at radius 3 is 2.15 bits per heavy atom. The number of benzene rings is 2. The van der Waals surface area contributed by atoms with E-state index in [4.69, 9.17) is 11.6 Å². The molecule has 34 heavy (non-hydrogen) atoms. The SMILES string of the molecule is O=C(c1ccc(Cl)cc1)N(Cc1ccccc1[N+](=O)[O-])N1C(=O)[C@@H]2[C@H]3C[C@@H]([C@H](Br)[C@H]3Br)[C@@H]2C1=O. The minimum absolute atomic E-state index is 0.0284. The number of amides is 3. The zero-order valence-electron chi connectivity index (χ0n) is 17.5. The predicted molar refractivity (Wildman–Crippen MR) is 130 cm³/mol. The van der Waals surface area contributed by atoms with E-state index in [9.17, 15) is 24.5 Å². The van der Waals surface area contributed by atoms with Crippen LogP contribution in [0.25, 0.3) is 0 Å². The minimum Gasteiger partial charge on any atom is -0.272 e. The van der Waals surface area contributed by atoms with E-state index >= 15 is 0 Å². The molecule has 0 aromatic heterocycles. The topological polar surface area (TPSA) is 101 Å². The lowest BCUT2D eigenvalue weighted by atomic mass is 9.81. The van der Waals surface area contributed by atoms with E-state index in [1.54, 1.807) is 6.07 Å². The number of halogens is 3. The molecule has 3 amide bonds. The molecule has 2 aromatic rings. The summed E-state index contributed by atoms with van der Waals surface area (Å²) in [5.41, 5.74) is 0.226. The first kappa shape index (κ1) is 23.4. The Morgan fingerprint density at radius 2 is 1.59 bits per heavy atom. The van der Waals surface area contributed by atoms with Gasteiger partial charge in [-0.1, -0.05) is 61.7 Å². The number of nitro benzene ring substituents is 1. The maximum atomic E-state index is 13.6. The Bertz CT molecular complexity index is 1180. The number of nitrogens with zero attached hydrogens (tertiary/aromatic N) is 3. The summed E-state index contributed by atoms with van der Waals surface area (Å²) in [6.07, 6.45) is 0.752. The van der Waals surface area contributed by atoms with Gasteiger partial charge in [-0.15, -0.1) is 0 Å². The van der Waals surface area contributed by atoms with Crippen molar-refractivity contribution in [3.63, 3.8) is 0 Å². The average Bonchev–Trinajstić information content (AvgIpc) is 3.43. The third-order valence-corrected chi connectivity index (χ3v) is 10.5. The summed E-state index contributed by atoms with van der Waals surface area (Å²) >= 11 is 13.3. The summed E-state index contributed by atoms with van der Waals surface area (Å²) in [6.45, 7) is -0.305. The lowest BCUT2D eigenvalue weighted by Gasteiger charge is -2.31. The summed E-state index contributed by atoms with van der Waals surface area (Å²) in [4.78, 5) is 51.9. The van der Waals surface area contributed by atoms with E-state index in [2.05, 4.69) is 31.9 Å². The van der Waals surface area contributed by atoms with E-state index in [1.807, 2.05) is 0 Å². The van der Waals surface area contributed by atoms with Crippen molar-refractivity contribution in [2.24, 2.45) is 23.7 Å². The van der Waals surface area contributed by atoms with Crippen LogP contribution < -0.4 is 0 Å². The molecule has 11 heteroatoms. The van der Waals surface area contributed by atoms with Crippen LogP contribution in [-0.4, -0.2) is 42.3 Å². The Labute approximate surface area is 216 Å². The molecule has 2 bridgehead atoms. The number of hydrazine groups is 1. The molecule has 0 N–H and O–H groups in total. The first-order valence-electron chi connectivity index (χ1n) is 10.7. The van der Waals surface area contributed by atoms with Crippen LogP contribution in [0.5, 0.6) is 0 Å². The molecule has 1 heterocycles. The van der Waals surface area contributed by atoms with Crippen molar-refractivity contribution in [2.75, 3.05) is 0 Å². The highest BCUT2D eigenvalue weighted by Crippen LogP contribution is 2.60. The van der Waals surface area contributed by atoms with Crippen LogP contribution >= 0.6 is 43.5 Å². The molecule has 5 rings (SSSR count). The first-order valence-corrected chi connectivity index (χ1v) is 12.9. The molecule has 0 unspecified atom stereocenters. The predicted octanol–water partition coefficient (Wildman–Crippen LogP) is 4.58. The highest BCUT2D eigenvalue weighted by Gasteiger charge is 2.67. The minimum atomic E-state index is -0.616. The monoisotopic (exact) mass is 609 g/mol. The van der Waals surface area contributed by atoms with Gasteiger partial charge in [0.05, 0.1) is 28.9 Å². The number of nitro groups is 1. The molecule has 2 aliphatic carbocycles. The highest BCUT2D eigenvalue weighted by atomic mass is 79.9. The molecule has 2 saturated carbocycles. The van der Waals surface area contributed by atoms with Crippen LogP contribution in [0.4, 0.5) is 5.69 Å². The lowest BCUT2D eigenvalue weighted by Crippen LogP contribution is -2.50. The summed E-state index contributed by atoms with van der Waals surface area (Å²) in [5.74, 6) is -2.60. The second-order valence-electron chi connectivity index (χ2n) is 8.75. The van der Waals surface area contributed by atoms with Gasteiger partial charge in [-0.3, -0.25) is 24.5 Å². The largest absolute Gasteiger partial charge is 0.274 e. The summed E-state index contributed by atoms with van der Waals surface area (Å²) in [6, 6.07) is 12.0. The number of fused-ring (bicyclic) bond motifs is 5. The van der Waals surface area contributed by atoms with Crippen molar-refractivity contribution in [1.29, 1.82) is 0 Å². The van der Waals surface area contributed by atoms with Crippen LogP contribution in [0, 0.1) is 33.8 Å². The van der Waals surface area contributed by atoms with Gasteiger partial charge in [0.25, 0.3) is 23.4 Å². The summed E-state index contributed by atoms with van der Waals surface area (Å²) in [5, 5.41) is 14.0. The van der Waals surface area contributed by atoms with Gasteiger partial charge in [-0.05, 0) is 42.5 Å². The number of imide groups is 1. The second-order valence-corrected chi connectivity index (χ2v) is 11.3. The van der Waals surface area contributed by atoms with Gasteiger partial charge >= 0.3 is 0 Å². The van der Waals surface area contributed by atoms with Gasteiger partial charge in [0.15, 0.2) is 0 Å². The molecular weight excluding hydrogens is 594 g/mol. The summed E-state index contributed by atoms with van der Waals surface area (Å²) in [7, 11) is 0. The van der Waals surface area contributed by atoms with Crippen molar-refractivity contribution >= 4 is 66.9 Å². The number of para-hydroxylation sites is 1. The molecule has 8 nitrogen and oxygen atoms in total. The Kier molecular flexibility index (Phi) is 6.02. The molecule has 1 aliphatic heterocycles. The number of alkyl halides is 2. The number of carbonyl (C=O) groups excluding carboxylic acids is 3. The number of rotatable bonds is 5. The van der Waals surface area contributed by atoms with Crippen LogP contribution in [-0.2, 0) is 16.1 Å². The number of carbonyl (C=O) groups is 3. The second kappa shape index (κ2) is 8.73. The van der Waals surface area contributed by atoms with Crippen molar-refractivity contribution in [1.82, 2.24) is 10.0 Å². The van der Waals surface area contributed by atoms with Crippen LogP contribution in [0.2, 0.25) is 5.02 Å². The number of hydrogen-bond acceptors (Lipinski definition) is 5. The quantitative estimate of drug-likeness (QED) is 0.213. The molecular formula is C23H18Br2ClN3O5. The standard InChI is InChI=1S/C23H18Br2ClN3O5/c24-19-14-9-15(20(19)25)18-17(14)22(31)28(23(18)32)27(21(30)11-5-7-13(26)8-6-11)10-12-3-1-2-4-16(12)29(33)34/h1-8,14-15,17-20H,9-10H2/t14-,15-,17-,18+,19+,20+/m1/s1. The van der Waals surface area contributed by atoms with Crippen LogP contribution in [0.1, 0.15) is 22.3 Å². The van der Waals surface area contributed by atoms with E-state index in [0.29, 0.717) is 5.02 Å². The molecule has 3 aliphatic rings. The smallest absolute Gasteiger partial charge is 0.272 e. The average molecular weight is 612 g/mol. The van der Waals surface area contributed by atoms with Crippen LogP contribution in [0.15, 0.2) is 48.5 Å². The Balaban J connectivity index is 1.56. The van der Waals surface area contributed by atoms with Crippen molar-refractivity contribution < 1.29 is 19.3 Å². The molecule has 176 valence electrons. The Hall–Kier alpha value is -2.30. The Morgan fingerprint density at radius 1 is 1.03 bits per heavy atom. The van der Waals surface area contributed by atoms with Gasteiger partial charge in [0.2, 0.25) is 0 Å². The van der Waals surface area contributed by atoms with Crippen LogP contribution in [0.3, 0.4) is 0 Å². The molecule has 3 fully saturated rings. The van der Waals surface area contributed by atoms with Crippen molar-refractivity contribution in [2.45, 2.75) is 22.6 Å². The lowest BCUT2D eigenvalue weighted by molar-refractivity contribution is -0.385. The van der Waals surface area contributed by atoms with E-state index in [0.717, 1.165) is 16.4 Å². The van der Waals surface area contributed by atoms with Gasteiger partial charge in [-0.2, -0.15) is 5.01 Å². The van der Waals surface area contributed by atoms with Gasteiger partial charge in [0.1, 0.15) is 0 Å². The fraction of sp³-hybridized carbons (Fsp3) is 0.348. The normalized spacial score (nSPS) is 29.4. The maximum Gasteiger partial charge on any atom is 0.274 e. The fourth-order valence-corrected chi connectivity index (χ4v) is 7.53. The number of hydrogen-bond donors (Lipinski definition) is 0. The molecule has 1 saturated heterocycles. The third kappa shape index (κ3) is 3.58. The summed E-state index contributed by atoms with van der Waals surface area (Å²) < 4.78 is 0. The first-order chi connectivity index (χ1) is 16.2. The van der Waals surface area contributed by atoms with Crippen molar-refractivity contribution in [3.8, 4) is 0 Å².